The Labute approximate surface area is 30.2 Å². The molecule has 0 radical (unpaired) electrons. The van der Waals surface area contributed by atoms with E-state index in [-0.39, 0.29) is 0 Å². The van der Waals surface area contributed by atoms with Crippen LogP contribution < -0.4 is 0 Å². The Balaban J connectivity index is 3.11. The van der Waals surface area contributed by atoms with Crippen LogP contribution in [0.3, 0.4) is 0 Å². The molecular weight excluding hydrogens is 68.9 g/mol. The van der Waals surface area contributed by atoms with Crippen molar-refractivity contribution in [2.24, 2.45) is 4.27 Å². The van der Waals surface area contributed by atoms with E-state index in [1.807, 2.05) is 0 Å². The van der Waals surface area contributed by atoms with Crippen molar-refractivity contribution in [2.75, 3.05) is 0 Å². The van der Waals surface area contributed by atoms with Gasteiger partial charge in [-0.3, -0.25) is 0 Å². The standard InChI is InChI=1S/CH4BNS/c1-4-3-2/h1-2H2. The van der Waals surface area contributed by atoms with Crippen LogP contribution in [-0.2, 0) is 11.1 Å². The minimum atomic E-state index is 1.23. The largest absolute Gasteiger partial charge is 0.303 e. The molecule has 0 saturated carbocycles. The molecule has 0 unspecified atom stereocenters. The maximum atomic E-state index is 3.54. The van der Waals surface area contributed by atoms with Crippen molar-refractivity contribution in [1.29, 1.82) is 0 Å². The summed E-state index contributed by atoms with van der Waals surface area (Å²) >= 11 is 1.23. The Morgan fingerprint density at radius 3 is 2.25 bits per heavy atom. The molecule has 22 valence electrons. The van der Waals surface area contributed by atoms with E-state index in [0.717, 1.165) is 0 Å². The quantitative estimate of drug-likeness (QED) is 0.264. The van der Waals surface area contributed by atoms with Crippen LogP contribution in [0.25, 0.3) is 0 Å². The van der Waals surface area contributed by atoms with Gasteiger partial charge in [0.05, 0.1) is 0 Å². The summed E-state index contributed by atoms with van der Waals surface area (Å²) in [5.74, 6) is 3.35. The van der Waals surface area contributed by atoms with Crippen molar-refractivity contribution in [3.8, 4) is 0 Å². The Kier molecular flexibility index (Phi) is 2.92. The van der Waals surface area contributed by atoms with Gasteiger partial charge in [-0.05, 0) is 5.87 Å². The highest BCUT2D eigenvalue weighted by Gasteiger charge is 1.25. The molecule has 3 heteroatoms. The number of hydrogen-bond donors (Lipinski definition) is 0. The lowest BCUT2D eigenvalue weighted by Crippen LogP contribution is -1.37. The summed E-state index contributed by atoms with van der Waals surface area (Å²) in [4.78, 5) is 0. The molecular formula is CH4BNS. The van der Waals surface area contributed by atoms with Crippen molar-refractivity contribution in [3.05, 3.63) is 0 Å². The average Bonchev–Trinajstić information content (AvgIpc) is 1.37. The second-order valence-electron chi connectivity index (χ2n) is 0.312. The highest BCUT2D eigenvalue weighted by Crippen LogP contribution is 1.29. The van der Waals surface area contributed by atoms with E-state index in [1.54, 1.807) is 7.98 Å². The molecule has 0 bridgehead atoms. The topological polar surface area (TPSA) is 12.4 Å². The van der Waals surface area contributed by atoms with Gasteiger partial charge in [0.15, 0.2) is 0 Å². The molecule has 0 aliphatic heterocycles. The lowest BCUT2D eigenvalue weighted by molar-refractivity contribution is 2.06. The molecule has 0 aromatic carbocycles. The van der Waals surface area contributed by atoms with E-state index in [1.165, 1.54) is 11.1 Å². The smallest absolute Gasteiger partial charge is 0.261 e. The Bertz CT molecular complexity index is 46.0. The lowest BCUT2D eigenvalue weighted by atomic mass is 10.5. The van der Waals surface area contributed by atoms with Gasteiger partial charge < -0.3 is 4.27 Å². The molecule has 0 rings (SSSR count). The second kappa shape index (κ2) is 2.95. The van der Waals surface area contributed by atoms with Crippen LogP contribution in [-0.4, -0.2) is 13.9 Å². The number of rotatable bonds is 0. The fraction of sp³-hybridized carbons (Fsp3) is 0. The third-order valence-corrected chi connectivity index (χ3v) is 0.387. The van der Waals surface area contributed by atoms with Crippen LogP contribution >= 0.6 is 0 Å². The molecule has 0 aromatic rings. The average molecular weight is 72.9 g/mol. The normalized spacial score (nSPS) is 5.00. The van der Waals surface area contributed by atoms with Gasteiger partial charge >= 0.3 is 0 Å². The fourth-order valence-corrected chi connectivity index (χ4v) is 0. The maximum absolute atomic E-state index is 3.54. The molecule has 0 saturated heterocycles. The Morgan fingerprint density at radius 1 is 2.00 bits per heavy atom. The van der Waals surface area contributed by atoms with Gasteiger partial charge in [0.1, 0.15) is 0 Å². The summed E-state index contributed by atoms with van der Waals surface area (Å²) in [5.41, 5.74) is 0. The summed E-state index contributed by atoms with van der Waals surface area (Å²) < 4.78 is 3.54. The zero-order chi connectivity index (χ0) is 3.41. The molecule has 0 aromatic heterocycles. The highest BCUT2D eigenvalue weighted by molar-refractivity contribution is 7.66. The zero-order valence-corrected chi connectivity index (χ0v) is 3.38. The van der Waals surface area contributed by atoms with Gasteiger partial charge in [-0.25, -0.2) is 0 Å². The first-order chi connectivity index (χ1) is 1.91. The summed E-state index contributed by atoms with van der Waals surface area (Å²) in [6.07, 6.45) is 0. The van der Waals surface area contributed by atoms with Gasteiger partial charge in [0, 0.05) is 0 Å². The molecule has 0 fully saturated rings. The molecule has 1 nitrogen and oxygen atoms in total. The van der Waals surface area contributed by atoms with E-state index in [9.17, 15) is 0 Å². The summed E-state index contributed by atoms with van der Waals surface area (Å²) in [5, 5.41) is 0. The van der Waals surface area contributed by atoms with E-state index in [4.69, 9.17) is 0 Å². The van der Waals surface area contributed by atoms with Crippen LogP contribution in [0.1, 0.15) is 0 Å². The molecule has 0 heterocycles. The third kappa shape index (κ3) is 1.95. The van der Waals surface area contributed by atoms with Crippen LogP contribution in [0.5, 0.6) is 0 Å². The van der Waals surface area contributed by atoms with Crippen molar-refractivity contribution in [1.82, 2.24) is 0 Å². The minimum Gasteiger partial charge on any atom is -0.303 e. The first kappa shape index (κ1) is 3.95. The van der Waals surface area contributed by atoms with E-state index in [0.29, 0.717) is 0 Å². The summed E-state index contributed by atoms with van der Waals surface area (Å²) in [7, 11) is 1.71. The summed E-state index contributed by atoms with van der Waals surface area (Å²) in [6, 6.07) is 0. The SMILES string of the molecule is BN=S=C. The van der Waals surface area contributed by atoms with Gasteiger partial charge in [-0.15, -0.1) is 0 Å². The van der Waals surface area contributed by atoms with Crippen molar-refractivity contribution in [3.63, 3.8) is 0 Å². The molecule has 4 heavy (non-hydrogen) atoms. The van der Waals surface area contributed by atoms with Gasteiger partial charge in [-0.2, -0.15) is 0 Å². The predicted molar refractivity (Wildman–Crippen MR) is 25.5 cm³/mol. The zero-order valence-electron chi connectivity index (χ0n) is 2.56. The van der Waals surface area contributed by atoms with Gasteiger partial charge in [0.25, 0.3) is 7.98 Å². The Hall–Kier alpha value is -0.0451. The lowest BCUT2D eigenvalue weighted by Gasteiger charge is -1.41. The second-order valence-corrected chi connectivity index (χ2v) is 0.935. The molecule has 0 aliphatic carbocycles. The van der Waals surface area contributed by atoms with Crippen LogP contribution in [0.15, 0.2) is 4.27 Å². The number of hydrogen-bond acceptors (Lipinski definition) is 1. The first-order valence-corrected chi connectivity index (χ1v) is 1.86. The van der Waals surface area contributed by atoms with Crippen molar-refractivity contribution < 1.29 is 0 Å². The van der Waals surface area contributed by atoms with Crippen molar-refractivity contribution in [2.45, 2.75) is 0 Å². The monoisotopic (exact) mass is 73.0 g/mol. The van der Waals surface area contributed by atoms with E-state index in [2.05, 4.69) is 10.1 Å². The van der Waals surface area contributed by atoms with Gasteiger partial charge in [-0.1, -0.05) is 11.1 Å². The minimum absolute atomic E-state index is 1.23. The molecule has 0 amide bonds. The molecule has 0 N–H and O–H groups in total. The van der Waals surface area contributed by atoms with E-state index >= 15 is 0 Å². The summed E-state index contributed by atoms with van der Waals surface area (Å²) in [6.45, 7) is 0. The van der Waals surface area contributed by atoms with Crippen LogP contribution in [0.4, 0.5) is 0 Å². The third-order valence-electron chi connectivity index (χ3n) is 0.129. The Morgan fingerprint density at radius 2 is 2.25 bits per heavy atom. The van der Waals surface area contributed by atoms with Crippen LogP contribution in [0, 0.1) is 0 Å². The van der Waals surface area contributed by atoms with Gasteiger partial charge in [0.2, 0.25) is 0 Å². The predicted octanol–water partition coefficient (Wildman–Crippen LogP) is -0.767. The molecule has 0 aliphatic rings. The molecule has 0 atom stereocenters. The maximum Gasteiger partial charge on any atom is 0.261 e. The molecule has 0 spiro atoms. The fourth-order valence-electron chi connectivity index (χ4n) is 0. The van der Waals surface area contributed by atoms with E-state index < -0.39 is 0 Å². The first-order valence-electron chi connectivity index (χ1n) is 0.918. The highest BCUT2D eigenvalue weighted by atomic mass is 32.1. The van der Waals surface area contributed by atoms with Crippen LogP contribution in [0.2, 0.25) is 0 Å². The van der Waals surface area contributed by atoms with Crippen molar-refractivity contribution >= 4 is 25.0 Å². The number of nitrogens with zero attached hydrogens (tertiary/aromatic N) is 1.